The lowest BCUT2D eigenvalue weighted by molar-refractivity contribution is 0.223. The van der Waals surface area contributed by atoms with E-state index in [-0.39, 0.29) is 5.41 Å². The lowest BCUT2D eigenvalue weighted by atomic mass is 9.80. The minimum atomic E-state index is 0.156. The summed E-state index contributed by atoms with van der Waals surface area (Å²) in [5, 5.41) is 3.45. The molecule has 1 aromatic heterocycles. The van der Waals surface area contributed by atoms with Crippen LogP contribution in [0, 0.1) is 12.3 Å². The van der Waals surface area contributed by atoms with E-state index in [1.54, 1.807) is 0 Å². The van der Waals surface area contributed by atoms with Crippen molar-refractivity contribution in [2.24, 2.45) is 16.1 Å². The third-order valence-corrected chi connectivity index (χ3v) is 4.81. The van der Waals surface area contributed by atoms with Gasteiger partial charge in [0.05, 0.1) is 6.04 Å². The lowest BCUT2D eigenvalue weighted by Gasteiger charge is -2.36. The second-order valence-corrected chi connectivity index (χ2v) is 7.18. The van der Waals surface area contributed by atoms with Crippen LogP contribution in [0.1, 0.15) is 55.7 Å². The SMILES string of the molecule is Cc1cncc(C2CC2)c1C(N)=NC1CCNCC1(C)C. The Kier molecular flexibility index (Phi) is 3.74. The largest absolute Gasteiger partial charge is 0.383 e. The van der Waals surface area contributed by atoms with Crippen LogP contribution in [-0.4, -0.2) is 30.0 Å². The number of amidine groups is 1. The lowest BCUT2D eigenvalue weighted by Crippen LogP contribution is -2.46. The number of nitrogens with two attached hydrogens (primary N) is 1. The molecule has 0 aromatic carbocycles. The second-order valence-electron chi connectivity index (χ2n) is 7.18. The van der Waals surface area contributed by atoms with E-state index in [4.69, 9.17) is 10.7 Å². The van der Waals surface area contributed by atoms with E-state index in [1.807, 2.05) is 12.4 Å². The van der Waals surface area contributed by atoms with Crippen molar-refractivity contribution in [2.45, 2.75) is 52.0 Å². The van der Waals surface area contributed by atoms with Gasteiger partial charge in [0, 0.05) is 24.5 Å². The Labute approximate surface area is 127 Å². The number of pyridine rings is 1. The van der Waals surface area contributed by atoms with Crippen molar-refractivity contribution in [3.63, 3.8) is 0 Å². The molecule has 0 amide bonds. The third-order valence-electron chi connectivity index (χ3n) is 4.81. The average molecular weight is 286 g/mol. The predicted octanol–water partition coefficient (Wildman–Crippen LogP) is 2.36. The van der Waals surface area contributed by atoms with Gasteiger partial charge in [0.1, 0.15) is 5.84 Å². The zero-order valence-corrected chi connectivity index (χ0v) is 13.3. The summed E-state index contributed by atoms with van der Waals surface area (Å²) in [5.74, 6) is 1.35. The minimum absolute atomic E-state index is 0.156. The molecule has 3 N–H and O–H groups in total. The van der Waals surface area contributed by atoms with Gasteiger partial charge in [0.25, 0.3) is 0 Å². The first-order valence-corrected chi connectivity index (χ1v) is 7.98. The van der Waals surface area contributed by atoms with Gasteiger partial charge in [0.15, 0.2) is 0 Å². The molecule has 0 radical (unpaired) electrons. The first-order chi connectivity index (χ1) is 9.99. The molecule has 1 saturated carbocycles. The van der Waals surface area contributed by atoms with Crippen LogP contribution in [0.25, 0.3) is 0 Å². The summed E-state index contributed by atoms with van der Waals surface area (Å²) in [5.41, 5.74) is 10.2. The highest BCUT2D eigenvalue weighted by Crippen LogP contribution is 2.42. The quantitative estimate of drug-likeness (QED) is 0.662. The molecule has 3 rings (SSSR count). The Morgan fingerprint density at radius 3 is 2.76 bits per heavy atom. The van der Waals surface area contributed by atoms with E-state index in [9.17, 15) is 0 Å². The number of hydrogen-bond donors (Lipinski definition) is 2. The van der Waals surface area contributed by atoms with Crippen LogP contribution < -0.4 is 11.1 Å². The number of piperidine rings is 1. The first-order valence-electron chi connectivity index (χ1n) is 7.98. The molecule has 1 aliphatic carbocycles. The number of hydrogen-bond acceptors (Lipinski definition) is 3. The summed E-state index contributed by atoms with van der Waals surface area (Å²) in [6, 6.07) is 0.290. The average Bonchev–Trinajstić information content (AvgIpc) is 3.25. The zero-order chi connectivity index (χ0) is 15.0. The fraction of sp³-hybridized carbons (Fsp3) is 0.647. The summed E-state index contributed by atoms with van der Waals surface area (Å²) in [4.78, 5) is 9.26. The number of rotatable bonds is 3. The van der Waals surface area contributed by atoms with Crippen LogP contribution in [0.5, 0.6) is 0 Å². The number of aliphatic imine (C=N–C) groups is 1. The molecule has 0 spiro atoms. The van der Waals surface area contributed by atoms with E-state index >= 15 is 0 Å². The Bertz CT molecular complexity index is 558. The highest BCUT2D eigenvalue weighted by Gasteiger charge is 2.33. The Hall–Kier alpha value is -1.42. The number of nitrogens with one attached hydrogen (secondary N) is 1. The fourth-order valence-electron chi connectivity index (χ4n) is 3.27. The molecule has 0 bridgehead atoms. The van der Waals surface area contributed by atoms with Crippen molar-refractivity contribution < 1.29 is 0 Å². The van der Waals surface area contributed by atoms with Gasteiger partial charge >= 0.3 is 0 Å². The minimum Gasteiger partial charge on any atom is -0.383 e. The summed E-state index contributed by atoms with van der Waals surface area (Å²) in [6.45, 7) is 8.64. The Balaban J connectivity index is 1.94. The standard InChI is InChI=1S/C17H26N4/c1-11-8-20-9-13(12-4-5-12)15(11)16(18)21-14-6-7-19-10-17(14,2)3/h8-9,12,14,19H,4-7,10H2,1-3H3,(H2,18,21). The summed E-state index contributed by atoms with van der Waals surface area (Å²) >= 11 is 0. The maximum atomic E-state index is 6.42. The Morgan fingerprint density at radius 1 is 1.33 bits per heavy atom. The van der Waals surface area contributed by atoms with Gasteiger partial charge in [-0.25, -0.2) is 0 Å². The molecular formula is C17H26N4. The molecule has 1 unspecified atom stereocenters. The molecule has 1 aromatic rings. The molecule has 21 heavy (non-hydrogen) atoms. The highest BCUT2D eigenvalue weighted by atomic mass is 15.0. The highest BCUT2D eigenvalue weighted by molar-refractivity contribution is 6.00. The van der Waals surface area contributed by atoms with Crippen molar-refractivity contribution in [1.29, 1.82) is 0 Å². The van der Waals surface area contributed by atoms with Gasteiger partial charge in [-0.1, -0.05) is 13.8 Å². The van der Waals surface area contributed by atoms with Gasteiger partial charge in [-0.05, 0) is 55.2 Å². The molecule has 1 saturated heterocycles. The maximum Gasteiger partial charge on any atom is 0.126 e. The predicted molar refractivity (Wildman–Crippen MR) is 86.7 cm³/mol. The summed E-state index contributed by atoms with van der Waals surface area (Å²) in [7, 11) is 0. The number of aryl methyl sites for hydroxylation is 1. The molecule has 1 atom stereocenters. The van der Waals surface area contributed by atoms with Crippen molar-refractivity contribution in [3.8, 4) is 0 Å². The molecule has 2 fully saturated rings. The topological polar surface area (TPSA) is 63.3 Å². The molecule has 2 aliphatic rings. The van der Waals surface area contributed by atoms with Gasteiger partial charge < -0.3 is 11.1 Å². The van der Waals surface area contributed by atoms with Crippen molar-refractivity contribution in [1.82, 2.24) is 10.3 Å². The molecule has 4 nitrogen and oxygen atoms in total. The first kappa shape index (κ1) is 14.5. The van der Waals surface area contributed by atoms with Crippen LogP contribution >= 0.6 is 0 Å². The monoisotopic (exact) mass is 286 g/mol. The zero-order valence-electron chi connectivity index (χ0n) is 13.3. The fourth-order valence-corrected chi connectivity index (χ4v) is 3.27. The number of aromatic nitrogens is 1. The number of nitrogens with zero attached hydrogens (tertiary/aromatic N) is 2. The van der Waals surface area contributed by atoms with Crippen molar-refractivity contribution >= 4 is 5.84 Å². The van der Waals surface area contributed by atoms with E-state index in [0.717, 1.165) is 30.6 Å². The molecule has 114 valence electrons. The van der Waals surface area contributed by atoms with Gasteiger partial charge in [-0.15, -0.1) is 0 Å². The maximum absolute atomic E-state index is 6.42. The molecule has 2 heterocycles. The van der Waals surface area contributed by atoms with Crippen LogP contribution in [0.4, 0.5) is 0 Å². The van der Waals surface area contributed by atoms with Crippen LogP contribution in [-0.2, 0) is 0 Å². The van der Waals surface area contributed by atoms with E-state index in [0.29, 0.717) is 17.8 Å². The van der Waals surface area contributed by atoms with E-state index in [1.165, 1.54) is 18.4 Å². The van der Waals surface area contributed by atoms with Crippen molar-refractivity contribution in [3.05, 3.63) is 29.1 Å². The smallest absolute Gasteiger partial charge is 0.126 e. The van der Waals surface area contributed by atoms with Crippen molar-refractivity contribution in [2.75, 3.05) is 13.1 Å². The van der Waals surface area contributed by atoms with Crippen LogP contribution in [0.3, 0.4) is 0 Å². The van der Waals surface area contributed by atoms with Gasteiger partial charge in [-0.2, -0.15) is 0 Å². The molecular weight excluding hydrogens is 260 g/mol. The molecule has 4 heteroatoms. The van der Waals surface area contributed by atoms with Crippen LogP contribution in [0.15, 0.2) is 17.4 Å². The van der Waals surface area contributed by atoms with Gasteiger partial charge in [0.2, 0.25) is 0 Å². The van der Waals surface area contributed by atoms with E-state index in [2.05, 4.69) is 31.1 Å². The Morgan fingerprint density at radius 2 is 2.10 bits per heavy atom. The van der Waals surface area contributed by atoms with Crippen LogP contribution in [0.2, 0.25) is 0 Å². The van der Waals surface area contributed by atoms with Gasteiger partial charge in [-0.3, -0.25) is 9.98 Å². The summed E-state index contributed by atoms with van der Waals surface area (Å²) in [6.07, 6.45) is 7.44. The second kappa shape index (κ2) is 5.41. The third kappa shape index (κ3) is 2.95. The summed E-state index contributed by atoms with van der Waals surface area (Å²) < 4.78 is 0. The van der Waals surface area contributed by atoms with E-state index < -0.39 is 0 Å². The normalized spacial score (nSPS) is 25.9. The molecule has 1 aliphatic heterocycles.